The minimum absolute atomic E-state index is 0.175. The van der Waals surface area contributed by atoms with Crippen molar-refractivity contribution >= 4 is 5.91 Å². The van der Waals surface area contributed by atoms with Crippen LogP contribution in [0, 0.1) is 5.92 Å². The van der Waals surface area contributed by atoms with Crippen molar-refractivity contribution < 1.29 is 4.79 Å². The van der Waals surface area contributed by atoms with Gasteiger partial charge in [-0.3, -0.25) is 9.69 Å². The second-order valence-corrected chi connectivity index (χ2v) is 4.44. The number of piperazine rings is 1. The number of hydrogen-bond donors (Lipinski definition) is 2. The smallest absolute Gasteiger partial charge is 0.234 e. The number of nitrogens with one attached hydrogen (secondary N) is 2. The summed E-state index contributed by atoms with van der Waals surface area (Å²) in [6.07, 6.45) is 1.25. The molecule has 0 aliphatic carbocycles. The molecule has 2 aliphatic rings. The molecule has 4 nitrogen and oxygen atoms in total. The maximum Gasteiger partial charge on any atom is 0.234 e. The summed E-state index contributed by atoms with van der Waals surface area (Å²) in [7, 11) is 0. The Morgan fingerprint density at radius 2 is 2.36 bits per heavy atom. The number of carbonyl (C=O) groups excluding carboxylic acids is 1. The summed E-state index contributed by atoms with van der Waals surface area (Å²) in [6.45, 7) is 6.89. The zero-order valence-electron chi connectivity index (χ0n) is 8.75. The molecule has 0 radical (unpaired) electrons. The van der Waals surface area contributed by atoms with Gasteiger partial charge in [0, 0.05) is 19.1 Å². The average molecular weight is 197 g/mol. The highest BCUT2D eigenvalue weighted by Gasteiger charge is 2.26. The lowest BCUT2D eigenvalue weighted by molar-refractivity contribution is -0.125. The van der Waals surface area contributed by atoms with Gasteiger partial charge < -0.3 is 10.6 Å². The monoisotopic (exact) mass is 197 g/mol. The molecule has 0 bridgehead atoms. The van der Waals surface area contributed by atoms with E-state index in [1.165, 1.54) is 6.42 Å². The summed E-state index contributed by atoms with van der Waals surface area (Å²) in [5.74, 6) is 0.914. The molecule has 14 heavy (non-hydrogen) atoms. The summed E-state index contributed by atoms with van der Waals surface area (Å²) in [5, 5.41) is 6.25. The summed E-state index contributed by atoms with van der Waals surface area (Å²) >= 11 is 0. The number of amides is 1. The summed E-state index contributed by atoms with van der Waals surface area (Å²) < 4.78 is 0. The van der Waals surface area contributed by atoms with Crippen molar-refractivity contribution in [3.63, 3.8) is 0 Å². The summed E-state index contributed by atoms with van der Waals surface area (Å²) in [5.41, 5.74) is 0. The molecule has 2 saturated heterocycles. The maximum atomic E-state index is 11.2. The highest BCUT2D eigenvalue weighted by atomic mass is 16.2. The fourth-order valence-electron chi connectivity index (χ4n) is 2.23. The molecular weight excluding hydrogens is 178 g/mol. The molecule has 2 fully saturated rings. The van der Waals surface area contributed by atoms with Gasteiger partial charge in [0.25, 0.3) is 0 Å². The van der Waals surface area contributed by atoms with Crippen LogP contribution in [0.2, 0.25) is 0 Å². The second-order valence-electron chi connectivity index (χ2n) is 4.44. The lowest BCUT2D eigenvalue weighted by atomic mass is 10.1. The Labute approximate surface area is 85.0 Å². The molecule has 2 aliphatic heterocycles. The Morgan fingerprint density at radius 1 is 1.50 bits per heavy atom. The normalized spacial score (nSPS) is 34.5. The Morgan fingerprint density at radius 3 is 3.07 bits per heavy atom. The van der Waals surface area contributed by atoms with Gasteiger partial charge in [0.05, 0.1) is 6.54 Å². The summed E-state index contributed by atoms with van der Waals surface area (Å²) in [6, 6.07) is 0.494. The molecule has 2 unspecified atom stereocenters. The third kappa shape index (κ3) is 2.25. The van der Waals surface area contributed by atoms with E-state index in [9.17, 15) is 4.79 Å². The van der Waals surface area contributed by atoms with Crippen molar-refractivity contribution in [3.05, 3.63) is 0 Å². The molecule has 2 atom stereocenters. The van der Waals surface area contributed by atoms with Crippen LogP contribution in [0.15, 0.2) is 0 Å². The van der Waals surface area contributed by atoms with Crippen molar-refractivity contribution in [3.8, 4) is 0 Å². The number of carbonyl (C=O) groups is 1. The van der Waals surface area contributed by atoms with E-state index in [1.807, 2.05) is 0 Å². The molecule has 0 aromatic heterocycles. The Hall–Kier alpha value is -0.610. The largest absolute Gasteiger partial charge is 0.353 e. The van der Waals surface area contributed by atoms with Crippen LogP contribution in [-0.2, 0) is 4.79 Å². The van der Waals surface area contributed by atoms with E-state index >= 15 is 0 Å². The van der Waals surface area contributed by atoms with Crippen LogP contribution in [0.3, 0.4) is 0 Å². The van der Waals surface area contributed by atoms with Crippen LogP contribution < -0.4 is 10.6 Å². The molecule has 1 amide bonds. The average Bonchev–Trinajstić information content (AvgIpc) is 2.64. The van der Waals surface area contributed by atoms with E-state index in [4.69, 9.17) is 0 Å². The van der Waals surface area contributed by atoms with Crippen molar-refractivity contribution in [1.29, 1.82) is 0 Å². The van der Waals surface area contributed by atoms with Crippen LogP contribution in [0.5, 0.6) is 0 Å². The summed E-state index contributed by atoms with van der Waals surface area (Å²) in [4.78, 5) is 13.5. The van der Waals surface area contributed by atoms with Crippen LogP contribution in [0.25, 0.3) is 0 Å². The van der Waals surface area contributed by atoms with Crippen LogP contribution >= 0.6 is 0 Å². The van der Waals surface area contributed by atoms with Gasteiger partial charge in [-0.25, -0.2) is 0 Å². The predicted octanol–water partition coefficient (Wildman–Crippen LogP) is -0.584. The van der Waals surface area contributed by atoms with Gasteiger partial charge in [-0.2, -0.15) is 0 Å². The van der Waals surface area contributed by atoms with Gasteiger partial charge in [0.15, 0.2) is 0 Å². The van der Waals surface area contributed by atoms with Crippen LogP contribution in [-0.4, -0.2) is 49.6 Å². The first kappa shape index (κ1) is 9.93. The van der Waals surface area contributed by atoms with E-state index in [0.717, 1.165) is 32.1 Å². The van der Waals surface area contributed by atoms with E-state index in [1.54, 1.807) is 0 Å². The number of hydrogen-bond acceptors (Lipinski definition) is 3. The van der Waals surface area contributed by atoms with Gasteiger partial charge in [-0.05, 0) is 32.4 Å². The first-order chi connectivity index (χ1) is 6.75. The maximum absolute atomic E-state index is 11.2. The lowest BCUT2D eigenvalue weighted by Gasteiger charge is -2.34. The molecule has 4 heteroatoms. The van der Waals surface area contributed by atoms with E-state index in [2.05, 4.69) is 22.5 Å². The Balaban J connectivity index is 1.84. The Bertz CT molecular complexity index is 213. The van der Waals surface area contributed by atoms with Crippen molar-refractivity contribution in [2.45, 2.75) is 19.4 Å². The quantitative estimate of drug-likeness (QED) is 0.622. The van der Waals surface area contributed by atoms with Gasteiger partial charge in [-0.15, -0.1) is 0 Å². The third-order valence-corrected chi connectivity index (χ3v) is 3.22. The minimum atomic E-state index is 0.175. The van der Waals surface area contributed by atoms with Crippen molar-refractivity contribution in [2.24, 2.45) is 5.92 Å². The van der Waals surface area contributed by atoms with Gasteiger partial charge in [0.2, 0.25) is 5.91 Å². The van der Waals surface area contributed by atoms with Gasteiger partial charge in [0.1, 0.15) is 0 Å². The second kappa shape index (κ2) is 4.28. The van der Waals surface area contributed by atoms with Crippen molar-refractivity contribution in [2.75, 3.05) is 32.7 Å². The van der Waals surface area contributed by atoms with E-state index in [-0.39, 0.29) is 5.91 Å². The number of rotatable bonds is 2. The standard InChI is InChI=1S/C10H19N3O/c1-8-4-12-10(14)7-13(8)6-9-2-3-11-5-9/h8-9,11H,2-7H2,1H3,(H,12,14). The lowest BCUT2D eigenvalue weighted by Crippen LogP contribution is -2.54. The molecule has 0 saturated carbocycles. The van der Waals surface area contributed by atoms with Crippen molar-refractivity contribution in [1.82, 2.24) is 15.5 Å². The minimum Gasteiger partial charge on any atom is -0.353 e. The third-order valence-electron chi connectivity index (χ3n) is 3.22. The highest BCUT2D eigenvalue weighted by molar-refractivity contribution is 5.78. The van der Waals surface area contributed by atoms with Crippen LogP contribution in [0.4, 0.5) is 0 Å². The van der Waals surface area contributed by atoms with E-state index in [0.29, 0.717) is 12.6 Å². The highest BCUT2D eigenvalue weighted by Crippen LogP contribution is 2.13. The first-order valence-electron chi connectivity index (χ1n) is 5.47. The molecular formula is C10H19N3O. The molecule has 0 spiro atoms. The molecule has 0 aromatic carbocycles. The predicted molar refractivity (Wildman–Crippen MR) is 55.0 cm³/mol. The first-order valence-corrected chi connectivity index (χ1v) is 5.47. The molecule has 80 valence electrons. The van der Waals surface area contributed by atoms with Gasteiger partial charge >= 0.3 is 0 Å². The molecule has 2 rings (SSSR count). The SMILES string of the molecule is CC1CNC(=O)CN1CC1CCNC1. The molecule has 2 N–H and O–H groups in total. The molecule has 2 heterocycles. The topological polar surface area (TPSA) is 44.4 Å². The Kier molecular flexibility index (Phi) is 3.03. The zero-order valence-corrected chi connectivity index (χ0v) is 8.75. The fraction of sp³-hybridized carbons (Fsp3) is 0.900. The number of nitrogens with zero attached hydrogens (tertiary/aromatic N) is 1. The molecule has 0 aromatic rings. The van der Waals surface area contributed by atoms with Gasteiger partial charge in [-0.1, -0.05) is 0 Å². The zero-order chi connectivity index (χ0) is 9.97. The van der Waals surface area contributed by atoms with Crippen LogP contribution in [0.1, 0.15) is 13.3 Å². The fourth-order valence-corrected chi connectivity index (χ4v) is 2.23. The van der Waals surface area contributed by atoms with E-state index < -0.39 is 0 Å².